The van der Waals surface area contributed by atoms with Crippen LogP contribution < -0.4 is 11.5 Å². The van der Waals surface area contributed by atoms with Crippen LogP contribution in [0.1, 0.15) is 0 Å². The number of nitrogens with two attached hydrogens (primary N) is 2. The predicted octanol–water partition coefficient (Wildman–Crippen LogP) is -0.540. The van der Waals surface area contributed by atoms with Crippen molar-refractivity contribution in [3.8, 4) is 0 Å². The van der Waals surface area contributed by atoms with Gasteiger partial charge in [0.2, 0.25) is 5.91 Å². The van der Waals surface area contributed by atoms with E-state index < -0.39 is 11.9 Å². The Hall–Kier alpha value is 0.01000. The van der Waals surface area contributed by atoms with Gasteiger partial charge >= 0.3 is 0 Å². The number of carbonyl (C=O) groups excluding carboxylic acids is 1. The molecule has 1 atom stereocenters. The number of hydrogen-bond acceptors (Lipinski definition) is 2. The van der Waals surface area contributed by atoms with Crippen molar-refractivity contribution < 1.29 is 4.79 Å². The Bertz CT molecular complexity index is 77.7. The van der Waals surface area contributed by atoms with Gasteiger partial charge in [-0.2, -0.15) is 0 Å². The third kappa shape index (κ3) is 4.18. The zero-order valence-corrected chi connectivity index (χ0v) is 5.71. The van der Waals surface area contributed by atoms with Crippen LogP contribution in [-0.2, 0) is 4.79 Å². The Morgan fingerprint density at radius 2 is 2.12 bits per heavy atom. The van der Waals surface area contributed by atoms with Crippen LogP contribution in [0.5, 0.6) is 0 Å². The zero-order valence-electron chi connectivity index (χ0n) is 4.13. The van der Waals surface area contributed by atoms with E-state index in [2.05, 4.69) is 0 Å². The molecule has 0 aliphatic heterocycles. The van der Waals surface area contributed by atoms with Crippen LogP contribution in [0.25, 0.3) is 0 Å². The second-order valence-corrected chi connectivity index (χ2v) is 1.47. The molecule has 0 aromatic heterocycles. The number of hydrogen-bond donors (Lipinski definition) is 2. The summed E-state index contributed by atoms with van der Waals surface area (Å²) in [5.41, 5.74) is 9.71. The molecule has 1 amide bonds. The van der Waals surface area contributed by atoms with Crippen LogP contribution in [0.15, 0.2) is 0 Å². The second kappa shape index (κ2) is 5.15. The fourth-order valence-corrected chi connectivity index (χ4v) is 0.228. The molecule has 0 aliphatic carbocycles. The van der Waals surface area contributed by atoms with Gasteiger partial charge in [-0.15, -0.1) is 24.0 Å². The molecule has 0 spiro atoms. The molecule has 0 fully saturated rings. The number of rotatable bonds is 2. The average Bonchev–Trinajstić information content (AvgIpc) is 1.65. The molecule has 1 unspecified atom stereocenters. The van der Waals surface area contributed by atoms with Gasteiger partial charge in [-0.05, 0) is 0 Å². The standard InChI is InChI=1S/C3H7ClN2O.ClH/c4-1-2(5)3(6)7;/h2H,1,5H2,(H2,6,7);1H. The number of amides is 1. The van der Waals surface area contributed by atoms with Crippen molar-refractivity contribution in [2.45, 2.75) is 6.04 Å². The molecule has 3 nitrogen and oxygen atoms in total. The molecule has 8 heavy (non-hydrogen) atoms. The number of halogens is 2. The van der Waals surface area contributed by atoms with Gasteiger partial charge in [0.25, 0.3) is 0 Å². The van der Waals surface area contributed by atoms with Crippen molar-refractivity contribution in [3.05, 3.63) is 0 Å². The van der Waals surface area contributed by atoms with E-state index in [0.29, 0.717) is 0 Å². The normalized spacial score (nSPS) is 11.8. The topological polar surface area (TPSA) is 69.1 Å². The van der Waals surface area contributed by atoms with Gasteiger partial charge in [-0.25, -0.2) is 0 Å². The van der Waals surface area contributed by atoms with Crippen molar-refractivity contribution in [3.63, 3.8) is 0 Å². The van der Waals surface area contributed by atoms with Gasteiger partial charge in [0.1, 0.15) is 0 Å². The molecule has 0 rings (SSSR count). The Balaban J connectivity index is 0. The van der Waals surface area contributed by atoms with Crippen LogP contribution in [0.4, 0.5) is 0 Å². The molecule has 50 valence electrons. The van der Waals surface area contributed by atoms with E-state index in [-0.39, 0.29) is 18.3 Å². The molecule has 0 heterocycles. The Morgan fingerprint density at radius 3 is 2.12 bits per heavy atom. The van der Waals surface area contributed by atoms with Crippen molar-refractivity contribution in [1.29, 1.82) is 0 Å². The molecule has 0 radical (unpaired) electrons. The van der Waals surface area contributed by atoms with Crippen LogP contribution in [0.2, 0.25) is 0 Å². The molecule has 0 saturated heterocycles. The van der Waals surface area contributed by atoms with Crippen molar-refractivity contribution in [2.75, 3.05) is 5.88 Å². The summed E-state index contributed by atoms with van der Waals surface area (Å²) in [7, 11) is 0. The second-order valence-electron chi connectivity index (χ2n) is 1.16. The van der Waals surface area contributed by atoms with Crippen LogP contribution in [0, 0.1) is 0 Å². The minimum Gasteiger partial charge on any atom is -0.368 e. The summed E-state index contributed by atoms with van der Waals surface area (Å²) < 4.78 is 0. The fourth-order valence-electron chi connectivity index (χ4n) is 0.0760. The van der Waals surface area contributed by atoms with E-state index in [1.807, 2.05) is 0 Å². The highest BCUT2D eigenvalue weighted by Crippen LogP contribution is 1.78. The Labute approximate surface area is 58.8 Å². The van der Waals surface area contributed by atoms with Crippen LogP contribution in [0.3, 0.4) is 0 Å². The van der Waals surface area contributed by atoms with Gasteiger partial charge in [-0.3, -0.25) is 4.79 Å². The number of primary amides is 1. The first kappa shape index (κ1) is 10.9. The molecule has 0 aromatic rings. The lowest BCUT2D eigenvalue weighted by molar-refractivity contribution is -0.118. The third-order valence-corrected chi connectivity index (χ3v) is 0.864. The SMILES string of the molecule is Cl.NC(=O)C(N)CCl. The maximum Gasteiger partial charge on any atom is 0.235 e. The molecule has 0 saturated carbocycles. The van der Waals surface area contributed by atoms with E-state index in [0.717, 1.165) is 0 Å². The minimum absolute atomic E-state index is 0. The summed E-state index contributed by atoms with van der Waals surface area (Å²) in [4.78, 5) is 9.94. The molecule has 0 aromatic carbocycles. The van der Waals surface area contributed by atoms with Gasteiger partial charge in [0.15, 0.2) is 0 Å². The van der Waals surface area contributed by atoms with Gasteiger partial charge in [0.05, 0.1) is 6.04 Å². The fraction of sp³-hybridized carbons (Fsp3) is 0.667. The van der Waals surface area contributed by atoms with Crippen LogP contribution in [-0.4, -0.2) is 17.8 Å². The maximum atomic E-state index is 9.94. The van der Waals surface area contributed by atoms with E-state index >= 15 is 0 Å². The third-order valence-electron chi connectivity index (χ3n) is 0.532. The Kier molecular flexibility index (Phi) is 7.02. The maximum absolute atomic E-state index is 9.94. The van der Waals surface area contributed by atoms with Crippen molar-refractivity contribution >= 4 is 29.9 Å². The minimum atomic E-state index is -0.693. The lowest BCUT2D eigenvalue weighted by Gasteiger charge is -1.97. The lowest BCUT2D eigenvalue weighted by atomic mass is 10.4. The molecular weight excluding hydrogens is 151 g/mol. The first-order valence-electron chi connectivity index (χ1n) is 1.79. The van der Waals surface area contributed by atoms with E-state index in [1.54, 1.807) is 0 Å². The quantitative estimate of drug-likeness (QED) is 0.531. The first-order chi connectivity index (χ1) is 3.18. The predicted molar refractivity (Wildman–Crippen MR) is 35.1 cm³/mol. The summed E-state index contributed by atoms with van der Waals surface area (Å²) in [6.45, 7) is 0. The zero-order chi connectivity index (χ0) is 5.86. The summed E-state index contributed by atoms with van der Waals surface area (Å²) in [5, 5.41) is 0. The average molecular weight is 159 g/mol. The van der Waals surface area contributed by atoms with E-state index in [4.69, 9.17) is 23.1 Å². The van der Waals surface area contributed by atoms with Gasteiger partial charge in [0, 0.05) is 5.88 Å². The molecule has 4 N–H and O–H groups in total. The highest BCUT2D eigenvalue weighted by atomic mass is 35.5. The highest BCUT2D eigenvalue weighted by molar-refractivity contribution is 6.19. The first-order valence-corrected chi connectivity index (χ1v) is 2.32. The van der Waals surface area contributed by atoms with Crippen LogP contribution >= 0.6 is 24.0 Å². The summed E-state index contributed by atoms with van der Waals surface area (Å²) in [6, 6.07) is -0.693. The van der Waals surface area contributed by atoms with E-state index in [9.17, 15) is 4.79 Å². The van der Waals surface area contributed by atoms with Crippen molar-refractivity contribution in [1.82, 2.24) is 0 Å². The van der Waals surface area contributed by atoms with Gasteiger partial charge < -0.3 is 11.5 Å². The summed E-state index contributed by atoms with van der Waals surface area (Å²) in [5.74, 6) is -0.468. The van der Waals surface area contributed by atoms with Crippen molar-refractivity contribution in [2.24, 2.45) is 11.5 Å². The number of carbonyl (C=O) groups is 1. The molecule has 0 aliphatic rings. The smallest absolute Gasteiger partial charge is 0.235 e. The molecule has 0 bridgehead atoms. The number of alkyl halides is 1. The largest absolute Gasteiger partial charge is 0.368 e. The lowest BCUT2D eigenvalue weighted by Crippen LogP contribution is -2.37. The van der Waals surface area contributed by atoms with Gasteiger partial charge in [-0.1, -0.05) is 0 Å². The molecular formula is C3H8Cl2N2O. The monoisotopic (exact) mass is 158 g/mol. The van der Waals surface area contributed by atoms with E-state index in [1.165, 1.54) is 0 Å². The summed E-state index contributed by atoms with van der Waals surface area (Å²) >= 11 is 5.12. The molecule has 5 heteroatoms. The summed E-state index contributed by atoms with van der Waals surface area (Å²) in [6.07, 6.45) is 0. The highest BCUT2D eigenvalue weighted by Gasteiger charge is 2.04. The Morgan fingerprint density at radius 1 is 1.75 bits per heavy atom.